The summed E-state index contributed by atoms with van der Waals surface area (Å²) < 4.78 is 15.7. The Kier molecular flexibility index (Phi) is 5.36. The fourth-order valence-electron chi connectivity index (χ4n) is 6.52. The van der Waals surface area contributed by atoms with E-state index in [1.165, 1.54) is 0 Å². The summed E-state index contributed by atoms with van der Waals surface area (Å²) in [5, 5.41) is 12.5. The summed E-state index contributed by atoms with van der Waals surface area (Å²) in [5.74, 6) is 0.926. The van der Waals surface area contributed by atoms with Crippen molar-refractivity contribution in [3.05, 3.63) is 54.1 Å². The Hall–Kier alpha value is -3.26. The molecule has 192 valence electrons. The second kappa shape index (κ2) is 8.65. The summed E-state index contributed by atoms with van der Waals surface area (Å²) in [4.78, 5) is 29.0. The molecule has 3 aromatic rings. The number of pyridine rings is 1. The number of likely N-dealkylation sites (tertiary alicyclic amines) is 1. The van der Waals surface area contributed by atoms with E-state index in [2.05, 4.69) is 9.97 Å². The van der Waals surface area contributed by atoms with Crippen molar-refractivity contribution in [2.45, 2.75) is 56.7 Å². The van der Waals surface area contributed by atoms with Gasteiger partial charge in [0.1, 0.15) is 22.8 Å². The van der Waals surface area contributed by atoms with Crippen molar-refractivity contribution in [3.8, 4) is 11.1 Å². The molecule has 1 saturated heterocycles. The average molecular weight is 502 g/mol. The summed E-state index contributed by atoms with van der Waals surface area (Å²) in [6, 6.07) is 9.19. The van der Waals surface area contributed by atoms with Crippen LogP contribution in [0.15, 0.2) is 47.7 Å². The van der Waals surface area contributed by atoms with E-state index >= 15 is 4.39 Å². The molecule has 2 aliphatic heterocycles. The highest BCUT2D eigenvalue weighted by atomic mass is 19.1. The van der Waals surface area contributed by atoms with Crippen LogP contribution >= 0.6 is 0 Å². The zero-order chi connectivity index (χ0) is 25.1. The first-order valence-electron chi connectivity index (χ1n) is 13.6. The number of H-pyrrole nitrogens is 1. The van der Waals surface area contributed by atoms with E-state index in [4.69, 9.17) is 4.99 Å². The predicted octanol–water partition coefficient (Wildman–Crippen LogP) is 4.32. The third kappa shape index (κ3) is 3.93. The Morgan fingerprint density at radius 3 is 2.76 bits per heavy atom. The first kappa shape index (κ1) is 22.9. The minimum absolute atomic E-state index is 0.218. The molecule has 37 heavy (non-hydrogen) atoms. The van der Waals surface area contributed by atoms with Crippen LogP contribution in [-0.4, -0.2) is 68.0 Å². The van der Waals surface area contributed by atoms with Gasteiger partial charge < -0.3 is 19.9 Å². The van der Waals surface area contributed by atoms with Gasteiger partial charge in [0.25, 0.3) is 0 Å². The number of aliphatic hydroxyl groups is 1. The van der Waals surface area contributed by atoms with Crippen molar-refractivity contribution in [1.29, 1.82) is 0 Å². The Labute approximate surface area is 215 Å². The summed E-state index contributed by atoms with van der Waals surface area (Å²) in [7, 11) is 0. The second-order valence-corrected chi connectivity index (χ2v) is 11.3. The molecule has 8 heteroatoms. The number of rotatable bonds is 5. The number of fused-ring (bicyclic) bond motifs is 1. The van der Waals surface area contributed by atoms with Crippen LogP contribution in [0.5, 0.6) is 0 Å². The lowest BCUT2D eigenvalue weighted by Gasteiger charge is -2.33. The van der Waals surface area contributed by atoms with E-state index < -0.39 is 11.8 Å². The van der Waals surface area contributed by atoms with Crippen molar-refractivity contribution in [2.75, 3.05) is 19.6 Å². The first-order valence-corrected chi connectivity index (χ1v) is 13.6. The number of aliphatic hydroxyl groups excluding tert-OH is 1. The largest absolute Gasteiger partial charge is 0.371 e. The topological polar surface area (TPSA) is 84.8 Å². The number of aromatic amines is 1. The number of hydrogen-bond donors (Lipinski definition) is 2. The number of hydrogen-bond acceptors (Lipinski definition) is 5. The number of aromatic nitrogens is 2. The monoisotopic (exact) mass is 501 g/mol. The quantitative estimate of drug-likeness (QED) is 0.545. The van der Waals surface area contributed by atoms with Crippen LogP contribution in [0.3, 0.4) is 0 Å². The van der Waals surface area contributed by atoms with Gasteiger partial charge in [-0.1, -0.05) is 18.9 Å². The summed E-state index contributed by atoms with van der Waals surface area (Å²) >= 11 is 0. The van der Waals surface area contributed by atoms with Gasteiger partial charge in [-0.3, -0.25) is 9.79 Å². The first-order chi connectivity index (χ1) is 18.0. The highest BCUT2D eigenvalue weighted by Crippen LogP contribution is 2.43. The molecule has 0 radical (unpaired) electrons. The number of amidine groups is 1. The maximum atomic E-state index is 15.7. The maximum Gasteiger partial charge on any atom is 0.225 e. The minimum Gasteiger partial charge on any atom is -0.371 e. The molecular formula is C29H32FN5O2. The number of carbonyl (C=O) groups excluding carboxylic acids is 1. The lowest BCUT2D eigenvalue weighted by molar-refractivity contribution is -0.131. The molecule has 2 aliphatic carbocycles. The lowest BCUT2D eigenvalue weighted by Crippen LogP contribution is -2.48. The van der Waals surface area contributed by atoms with Crippen LogP contribution in [-0.2, 0) is 4.79 Å². The second-order valence-electron chi connectivity index (χ2n) is 11.3. The Morgan fingerprint density at radius 1 is 1.14 bits per heavy atom. The molecule has 4 heterocycles. The molecule has 7 rings (SSSR count). The highest BCUT2D eigenvalue weighted by Gasteiger charge is 2.50. The zero-order valence-corrected chi connectivity index (χ0v) is 20.9. The van der Waals surface area contributed by atoms with Gasteiger partial charge in [-0.05, 0) is 67.9 Å². The van der Waals surface area contributed by atoms with Crippen LogP contribution in [0.25, 0.3) is 22.2 Å². The van der Waals surface area contributed by atoms with Gasteiger partial charge in [-0.2, -0.15) is 0 Å². The maximum absolute atomic E-state index is 15.7. The Morgan fingerprint density at radius 2 is 1.97 bits per heavy atom. The highest BCUT2D eigenvalue weighted by molar-refractivity contribution is 6.01. The molecule has 1 aromatic carbocycles. The van der Waals surface area contributed by atoms with Gasteiger partial charge in [-0.25, -0.2) is 9.37 Å². The van der Waals surface area contributed by atoms with Crippen LogP contribution in [0.1, 0.15) is 50.5 Å². The molecule has 2 atom stereocenters. The van der Waals surface area contributed by atoms with Crippen molar-refractivity contribution in [3.63, 3.8) is 0 Å². The van der Waals surface area contributed by atoms with Gasteiger partial charge in [0.15, 0.2) is 6.23 Å². The van der Waals surface area contributed by atoms with E-state index in [1.54, 1.807) is 18.3 Å². The normalized spacial score (nSPS) is 25.0. The number of nitrogens with one attached hydrogen (secondary N) is 1. The van der Waals surface area contributed by atoms with E-state index in [0.717, 1.165) is 73.7 Å². The number of aliphatic imine (C=N–C) groups is 1. The molecule has 1 spiro atoms. The van der Waals surface area contributed by atoms with Crippen molar-refractivity contribution in [2.24, 2.45) is 16.8 Å². The van der Waals surface area contributed by atoms with Crippen LogP contribution < -0.4 is 0 Å². The molecule has 2 N–H and O–H groups in total. The van der Waals surface area contributed by atoms with Crippen LogP contribution in [0, 0.1) is 17.7 Å². The zero-order valence-electron chi connectivity index (χ0n) is 20.9. The molecular weight excluding hydrogens is 469 g/mol. The van der Waals surface area contributed by atoms with Crippen molar-refractivity contribution in [1.82, 2.24) is 19.8 Å². The van der Waals surface area contributed by atoms with E-state index in [0.29, 0.717) is 24.5 Å². The smallest absolute Gasteiger partial charge is 0.225 e. The average Bonchev–Trinajstić information content (AvgIpc) is 3.25. The number of benzene rings is 1. The van der Waals surface area contributed by atoms with E-state index in [1.807, 2.05) is 34.2 Å². The molecule has 2 saturated carbocycles. The molecule has 1 unspecified atom stereocenters. The van der Waals surface area contributed by atoms with Crippen molar-refractivity contribution < 1.29 is 14.3 Å². The molecule has 3 fully saturated rings. The fourth-order valence-corrected chi connectivity index (χ4v) is 6.52. The Balaban J connectivity index is 1.18. The number of halogens is 1. The molecule has 4 aliphatic rings. The molecule has 0 bridgehead atoms. The summed E-state index contributed by atoms with van der Waals surface area (Å²) in [5.41, 5.74) is 2.26. The number of carbonyl (C=O) groups is 1. The Bertz CT molecular complexity index is 1390. The van der Waals surface area contributed by atoms with E-state index in [9.17, 15) is 9.90 Å². The van der Waals surface area contributed by atoms with Gasteiger partial charge in [0, 0.05) is 48.9 Å². The van der Waals surface area contributed by atoms with Gasteiger partial charge in [0.05, 0.1) is 5.56 Å². The van der Waals surface area contributed by atoms with Crippen LogP contribution in [0.2, 0.25) is 0 Å². The summed E-state index contributed by atoms with van der Waals surface area (Å²) in [6.07, 6.45) is 9.40. The van der Waals surface area contributed by atoms with Gasteiger partial charge in [-0.15, -0.1) is 0 Å². The minimum atomic E-state index is -0.766. The molecule has 7 nitrogen and oxygen atoms in total. The SMILES string of the molecule is O=C(C1CC1)N1CC[C@@H](CN2C(c3ccc(-c4cnc5[nH]ccc5c4)cc3F)=NC3(CCCC3)C2O)C1. The third-order valence-electron chi connectivity index (χ3n) is 8.77. The predicted molar refractivity (Wildman–Crippen MR) is 139 cm³/mol. The fraction of sp³-hybridized carbons (Fsp3) is 0.483. The van der Waals surface area contributed by atoms with Gasteiger partial charge in [0.2, 0.25) is 5.91 Å². The third-order valence-corrected chi connectivity index (χ3v) is 8.77. The van der Waals surface area contributed by atoms with Gasteiger partial charge >= 0.3 is 0 Å². The lowest BCUT2D eigenvalue weighted by atomic mass is 9.96. The molecule has 1 amide bonds. The number of nitrogens with zero attached hydrogens (tertiary/aromatic N) is 4. The summed E-state index contributed by atoms with van der Waals surface area (Å²) in [6.45, 7) is 2.05. The standard InChI is InChI=1S/C29H32FN5O2/c30-24-14-20(22-13-21-7-11-31-25(21)32-15-22)5-6-23(24)26-33-29(9-1-2-10-29)28(37)35(26)17-18-8-12-34(16-18)27(36)19-3-4-19/h5-7,11,13-15,18-19,28,37H,1-4,8-10,12,16-17H2,(H,31,32)/t18-,28?/m1/s1. The van der Waals surface area contributed by atoms with Crippen molar-refractivity contribution >= 4 is 22.8 Å². The van der Waals surface area contributed by atoms with E-state index in [-0.39, 0.29) is 23.6 Å². The number of amides is 1. The molecule has 2 aromatic heterocycles. The van der Waals surface area contributed by atoms with Crippen LogP contribution in [0.4, 0.5) is 4.39 Å².